The lowest BCUT2D eigenvalue weighted by Gasteiger charge is -2.08. The molecule has 0 fully saturated rings. The Morgan fingerprint density at radius 1 is 1.12 bits per heavy atom. The van der Waals surface area contributed by atoms with Crippen LogP contribution >= 0.6 is 45.8 Å². The molecule has 122 valence electrons. The smallest absolute Gasteiger partial charge is 0.261 e. The number of nitrogens with zero attached hydrogens (tertiary/aromatic N) is 1. The molecule has 2 aromatic carbocycles. The number of amides is 1. The number of aryl methyl sites for hydroxylation is 1. The van der Waals surface area contributed by atoms with Crippen LogP contribution in [-0.4, -0.2) is 11.1 Å². The number of hydrogen-bond donors (Lipinski definition) is 1. The van der Waals surface area contributed by atoms with E-state index in [0.717, 1.165) is 3.57 Å². The molecule has 0 spiro atoms. The predicted molar refractivity (Wildman–Crippen MR) is 104 cm³/mol. The van der Waals surface area contributed by atoms with Crippen molar-refractivity contribution in [1.29, 1.82) is 0 Å². The first-order valence-corrected chi connectivity index (χ1v) is 8.78. The molecule has 0 aliphatic carbocycles. The summed E-state index contributed by atoms with van der Waals surface area (Å²) in [6.45, 7) is 1.67. The monoisotopic (exact) mass is 472 g/mol. The fourth-order valence-electron chi connectivity index (χ4n) is 2.26. The van der Waals surface area contributed by atoms with E-state index in [-0.39, 0.29) is 5.91 Å². The van der Waals surface area contributed by atoms with Crippen molar-refractivity contribution in [3.63, 3.8) is 0 Å². The number of carbonyl (C=O) groups excluding carboxylic acids is 1. The van der Waals surface area contributed by atoms with Crippen molar-refractivity contribution in [2.75, 3.05) is 5.32 Å². The van der Waals surface area contributed by atoms with E-state index in [9.17, 15) is 4.79 Å². The Balaban J connectivity index is 2.01. The molecule has 4 nitrogen and oxygen atoms in total. The summed E-state index contributed by atoms with van der Waals surface area (Å²) in [5.74, 6) is 0.0601. The van der Waals surface area contributed by atoms with E-state index >= 15 is 0 Å². The third-order valence-electron chi connectivity index (χ3n) is 3.39. The number of carbonyl (C=O) groups is 1. The van der Waals surface area contributed by atoms with Gasteiger partial charge in [0.05, 0.1) is 10.0 Å². The Morgan fingerprint density at radius 2 is 1.75 bits per heavy atom. The van der Waals surface area contributed by atoms with Crippen LogP contribution in [0.3, 0.4) is 0 Å². The molecule has 0 atom stereocenters. The molecule has 0 unspecified atom stereocenters. The summed E-state index contributed by atoms with van der Waals surface area (Å²) in [6, 6.07) is 12.6. The first-order valence-electron chi connectivity index (χ1n) is 6.95. The molecule has 0 radical (unpaired) electrons. The standard InChI is InChI=1S/C17H11Cl2IN2O2/c1-9-14(17(23)21-11-7-5-10(20)6-8-11)16(22-24-9)15-12(18)3-2-4-13(15)19/h2-8H,1H3,(H,21,23). The van der Waals surface area contributed by atoms with Gasteiger partial charge < -0.3 is 9.84 Å². The molecule has 24 heavy (non-hydrogen) atoms. The van der Waals surface area contributed by atoms with Gasteiger partial charge in [0.25, 0.3) is 5.91 Å². The summed E-state index contributed by atoms with van der Waals surface area (Å²) in [6.07, 6.45) is 0. The normalized spacial score (nSPS) is 10.7. The number of aromatic nitrogens is 1. The van der Waals surface area contributed by atoms with E-state index in [0.29, 0.717) is 38.3 Å². The van der Waals surface area contributed by atoms with Crippen molar-refractivity contribution in [3.8, 4) is 11.3 Å². The lowest BCUT2D eigenvalue weighted by Crippen LogP contribution is -2.13. The zero-order chi connectivity index (χ0) is 17.3. The highest BCUT2D eigenvalue weighted by atomic mass is 127. The van der Waals surface area contributed by atoms with Crippen molar-refractivity contribution in [2.24, 2.45) is 0 Å². The van der Waals surface area contributed by atoms with E-state index in [1.165, 1.54) is 0 Å². The van der Waals surface area contributed by atoms with Crippen LogP contribution in [0.4, 0.5) is 5.69 Å². The van der Waals surface area contributed by atoms with Gasteiger partial charge >= 0.3 is 0 Å². The maximum absolute atomic E-state index is 12.7. The second kappa shape index (κ2) is 7.13. The van der Waals surface area contributed by atoms with Crippen LogP contribution in [0.25, 0.3) is 11.3 Å². The van der Waals surface area contributed by atoms with E-state index in [2.05, 4.69) is 33.1 Å². The Morgan fingerprint density at radius 3 is 2.38 bits per heavy atom. The zero-order valence-corrected chi connectivity index (χ0v) is 16.1. The van der Waals surface area contributed by atoms with Crippen molar-refractivity contribution in [2.45, 2.75) is 6.92 Å². The maximum atomic E-state index is 12.7. The topological polar surface area (TPSA) is 55.1 Å². The molecule has 7 heteroatoms. The van der Waals surface area contributed by atoms with Crippen molar-refractivity contribution >= 4 is 57.4 Å². The molecular weight excluding hydrogens is 462 g/mol. The second-order valence-electron chi connectivity index (χ2n) is 5.02. The van der Waals surface area contributed by atoms with Crippen molar-refractivity contribution in [3.05, 3.63) is 67.4 Å². The van der Waals surface area contributed by atoms with E-state index in [1.54, 1.807) is 25.1 Å². The Kier molecular flexibility index (Phi) is 5.12. The SMILES string of the molecule is Cc1onc(-c2c(Cl)cccc2Cl)c1C(=O)Nc1ccc(I)cc1. The van der Waals surface area contributed by atoms with Gasteiger partial charge in [-0.2, -0.15) is 0 Å². The minimum Gasteiger partial charge on any atom is -0.360 e. The molecule has 1 N–H and O–H groups in total. The van der Waals surface area contributed by atoms with Crippen molar-refractivity contribution < 1.29 is 9.32 Å². The van der Waals surface area contributed by atoms with Gasteiger partial charge in [0, 0.05) is 14.8 Å². The Hall–Kier alpha value is -1.57. The zero-order valence-electron chi connectivity index (χ0n) is 12.4. The third-order valence-corrected chi connectivity index (χ3v) is 4.74. The minimum atomic E-state index is -0.332. The molecule has 0 bridgehead atoms. The van der Waals surface area contributed by atoms with E-state index < -0.39 is 0 Å². The molecular formula is C17H11Cl2IN2O2. The lowest BCUT2D eigenvalue weighted by atomic mass is 10.1. The summed E-state index contributed by atoms with van der Waals surface area (Å²) in [5, 5.41) is 7.62. The second-order valence-corrected chi connectivity index (χ2v) is 7.08. The first kappa shape index (κ1) is 17.3. The molecule has 3 rings (SSSR count). The van der Waals surface area contributed by atoms with Crippen LogP contribution in [0.5, 0.6) is 0 Å². The highest BCUT2D eigenvalue weighted by Gasteiger charge is 2.24. The van der Waals surface area contributed by atoms with E-state index in [4.69, 9.17) is 27.7 Å². The fraction of sp³-hybridized carbons (Fsp3) is 0.0588. The van der Waals surface area contributed by atoms with Crippen LogP contribution in [0.2, 0.25) is 10.0 Å². The van der Waals surface area contributed by atoms with Gasteiger partial charge in [-0.15, -0.1) is 0 Å². The summed E-state index contributed by atoms with van der Waals surface area (Å²) in [5.41, 5.74) is 1.79. The average Bonchev–Trinajstić information content (AvgIpc) is 2.91. The Labute approximate surface area is 162 Å². The summed E-state index contributed by atoms with van der Waals surface area (Å²) in [7, 11) is 0. The highest BCUT2D eigenvalue weighted by molar-refractivity contribution is 14.1. The summed E-state index contributed by atoms with van der Waals surface area (Å²) in [4.78, 5) is 12.7. The average molecular weight is 473 g/mol. The number of rotatable bonds is 3. The fourth-order valence-corrected chi connectivity index (χ4v) is 3.20. The van der Waals surface area contributed by atoms with Gasteiger partial charge in [0.1, 0.15) is 17.0 Å². The molecule has 1 heterocycles. The van der Waals surface area contributed by atoms with E-state index in [1.807, 2.05) is 24.3 Å². The van der Waals surface area contributed by atoms with Crippen LogP contribution in [0, 0.1) is 10.5 Å². The Bertz CT molecular complexity index is 887. The number of nitrogens with one attached hydrogen (secondary N) is 1. The van der Waals surface area contributed by atoms with Gasteiger partial charge in [-0.1, -0.05) is 34.4 Å². The quantitative estimate of drug-likeness (QED) is 0.489. The molecule has 0 saturated heterocycles. The van der Waals surface area contributed by atoms with Gasteiger partial charge in [-0.25, -0.2) is 0 Å². The van der Waals surface area contributed by atoms with Crippen LogP contribution in [-0.2, 0) is 0 Å². The number of halogens is 3. The number of hydrogen-bond acceptors (Lipinski definition) is 3. The molecule has 0 aliphatic heterocycles. The van der Waals surface area contributed by atoms with Gasteiger partial charge in [-0.3, -0.25) is 4.79 Å². The third kappa shape index (κ3) is 3.43. The lowest BCUT2D eigenvalue weighted by molar-refractivity contribution is 0.102. The molecule has 1 aromatic heterocycles. The van der Waals surface area contributed by atoms with Crippen LogP contribution in [0.1, 0.15) is 16.1 Å². The predicted octanol–water partition coefficient (Wildman–Crippen LogP) is 5.81. The highest BCUT2D eigenvalue weighted by Crippen LogP contribution is 2.36. The first-order chi connectivity index (χ1) is 11.5. The van der Waals surface area contributed by atoms with Crippen LogP contribution in [0.15, 0.2) is 47.0 Å². The van der Waals surface area contributed by atoms with Gasteiger partial charge in [0.2, 0.25) is 0 Å². The van der Waals surface area contributed by atoms with Crippen LogP contribution < -0.4 is 5.32 Å². The van der Waals surface area contributed by atoms with Crippen molar-refractivity contribution in [1.82, 2.24) is 5.16 Å². The maximum Gasteiger partial charge on any atom is 0.261 e. The largest absolute Gasteiger partial charge is 0.360 e. The van der Waals surface area contributed by atoms with Gasteiger partial charge in [0.15, 0.2) is 0 Å². The summed E-state index contributed by atoms with van der Waals surface area (Å²) >= 11 is 14.7. The molecule has 0 saturated carbocycles. The molecule has 0 aliphatic rings. The summed E-state index contributed by atoms with van der Waals surface area (Å²) < 4.78 is 6.29. The molecule has 3 aromatic rings. The van der Waals surface area contributed by atoms with Gasteiger partial charge in [-0.05, 0) is 65.9 Å². The number of benzene rings is 2. The number of anilines is 1. The minimum absolute atomic E-state index is 0.309. The molecule has 1 amide bonds.